The van der Waals surface area contributed by atoms with Crippen molar-refractivity contribution in [3.63, 3.8) is 0 Å². The highest BCUT2D eigenvalue weighted by Crippen LogP contribution is 2.34. The van der Waals surface area contributed by atoms with Crippen LogP contribution in [-0.2, 0) is 17.6 Å². The second-order valence-electron chi connectivity index (χ2n) is 8.28. The SMILES string of the molecule is CCc1nc(C(C)C)ccc1-c1nc2c(nc1C)CC([C@H](CF)COC)C=C2C. The highest BCUT2D eigenvalue weighted by Gasteiger charge is 2.28. The molecular formula is C24H32FN3O. The Hall–Kier alpha value is -2.14. The maximum atomic E-state index is 13.5. The first kappa shape index (κ1) is 21.6. The largest absolute Gasteiger partial charge is 0.384 e. The summed E-state index contributed by atoms with van der Waals surface area (Å²) in [6, 6.07) is 4.22. The summed E-state index contributed by atoms with van der Waals surface area (Å²) in [6.07, 6.45) is 3.68. The second-order valence-corrected chi connectivity index (χ2v) is 8.28. The average molecular weight is 398 g/mol. The number of allylic oxidation sites excluding steroid dienone is 2. The number of aromatic nitrogens is 3. The van der Waals surface area contributed by atoms with E-state index in [9.17, 15) is 4.39 Å². The van der Waals surface area contributed by atoms with E-state index in [4.69, 9.17) is 19.7 Å². The highest BCUT2D eigenvalue weighted by atomic mass is 19.1. The van der Waals surface area contributed by atoms with Gasteiger partial charge in [-0.2, -0.15) is 0 Å². The van der Waals surface area contributed by atoms with E-state index in [0.29, 0.717) is 18.9 Å². The van der Waals surface area contributed by atoms with Crippen LogP contribution in [0.3, 0.4) is 0 Å². The molecule has 0 radical (unpaired) electrons. The van der Waals surface area contributed by atoms with E-state index in [1.54, 1.807) is 7.11 Å². The number of pyridine rings is 1. The van der Waals surface area contributed by atoms with Crippen LogP contribution in [0.2, 0.25) is 0 Å². The molecule has 1 aliphatic rings. The molecule has 0 N–H and O–H groups in total. The fourth-order valence-electron chi connectivity index (χ4n) is 4.09. The number of fused-ring (bicyclic) bond motifs is 1. The topological polar surface area (TPSA) is 47.9 Å². The molecule has 0 fully saturated rings. The highest BCUT2D eigenvalue weighted by molar-refractivity contribution is 5.71. The van der Waals surface area contributed by atoms with Gasteiger partial charge in [-0.3, -0.25) is 14.4 Å². The molecule has 156 valence electrons. The number of ether oxygens (including phenoxy) is 1. The number of alkyl halides is 1. The van der Waals surface area contributed by atoms with Crippen LogP contribution in [-0.4, -0.2) is 35.3 Å². The monoisotopic (exact) mass is 397 g/mol. The van der Waals surface area contributed by atoms with Crippen LogP contribution in [0.4, 0.5) is 4.39 Å². The molecule has 2 heterocycles. The molecule has 1 aliphatic carbocycles. The summed E-state index contributed by atoms with van der Waals surface area (Å²) >= 11 is 0. The summed E-state index contributed by atoms with van der Waals surface area (Å²) < 4.78 is 18.7. The summed E-state index contributed by atoms with van der Waals surface area (Å²) in [5.41, 5.74) is 7.94. The average Bonchev–Trinajstić information content (AvgIpc) is 2.70. The summed E-state index contributed by atoms with van der Waals surface area (Å²) in [5.74, 6) is 0.331. The van der Waals surface area contributed by atoms with Crippen molar-refractivity contribution in [2.45, 2.75) is 53.4 Å². The quantitative estimate of drug-likeness (QED) is 0.633. The van der Waals surface area contributed by atoms with Crippen LogP contribution >= 0.6 is 0 Å². The van der Waals surface area contributed by atoms with Crippen molar-refractivity contribution in [3.05, 3.63) is 46.7 Å². The van der Waals surface area contributed by atoms with Gasteiger partial charge in [0, 0.05) is 30.0 Å². The van der Waals surface area contributed by atoms with Crippen LogP contribution in [0.1, 0.15) is 62.1 Å². The molecule has 0 aromatic carbocycles. The Morgan fingerprint density at radius 2 is 1.90 bits per heavy atom. The third-order valence-corrected chi connectivity index (χ3v) is 5.77. The predicted molar refractivity (Wildman–Crippen MR) is 116 cm³/mol. The molecule has 2 aromatic heterocycles. The van der Waals surface area contributed by atoms with Gasteiger partial charge >= 0.3 is 0 Å². The normalized spacial score (nSPS) is 17.2. The number of hydrogen-bond acceptors (Lipinski definition) is 4. The lowest BCUT2D eigenvalue weighted by Gasteiger charge is -2.27. The maximum Gasteiger partial charge on any atom is 0.0950 e. The number of rotatable bonds is 7. The third kappa shape index (κ3) is 4.40. The van der Waals surface area contributed by atoms with Gasteiger partial charge in [0.25, 0.3) is 0 Å². The lowest BCUT2D eigenvalue weighted by molar-refractivity contribution is 0.114. The molecule has 5 heteroatoms. The Morgan fingerprint density at radius 1 is 1.14 bits per heavy atom. The van der Waals surface area contributed by atoms with E-state index in [1.165, 1.54) is 0 Å². The smallest absolute Gasteiger partial charge is 0.0950 e. The molecule has 4 nitrogen and oxygen atoms in total. The minimum absolute atomic E-state index is 0.0881. The summed E-state index contributed by atoms with van der Waals surface area (Å²) in [7, 11) is 1.62. The lowest BCUT2D eigenvalue weighted by Crippen LogP contribution is -2.26. The van der Waals surface area contributed by atoms with E-state index in [2.05, 4.69) is 39.0 Å². The molecule has 2 atom stereocenters. The van der Waals surface area contributed by atoms with Crippen molar-refractivity contribution >= 4 is 5.57 Å². The van der Waals surface area contributed by atoms with Crippen molar-refractivity contribution in [3.8, 4) is 11.3 Å². The van der Waals surface area contributed by atoms with Gasteiger partial charge in [-0.25, -0.2) is 4.98 Å². The predicted octanol–water partition coefficient (Wildman–Crippen LogP) is 5.34. The molecule has 2 aromatic rings. The van der Waals surface area contributed by atoms with Crippen LogP contribution in [0.25, 0.3) is 16.8 Å². The first-order valence-electron chi connectivity index (χ1n) is 10.5. The van der Waals surface area contributed by atoms with Crippen LogP contribution in [0.15, 0.2) is 18.2 Å². The Bertz CT molecular complexity index is 907. The fraction of sp³-hybridized carbons (Fsp3) is 0.542. The molecule has 3 rings (SSSR count). The lowest BCUT2D eigenvalue weighted by atomic mass is 9.83. The molecule has 1 unspecified atom stereocenters. The molecule has 29 heavy (non-hydrogen) atoms. The van der Waals surface area contributed by atoms with E-state index in [1.807, 2.05) is 13.8 Å². The number of hydrogen-bond donors (Lipinski definition) is 0. The summed E-state index contributed by atoms with van der Waals surface area (Å²) in [6.45, 7) is 10.5. The van der Waals surface area contributed by atoms with Gasteiger partial charge in [0.2, 0.25) is 0 Å². The number of aryl methyl sites for hydroxylation is 2. The van der Waals surface area contributed by atoms with Crippen molar-refractivity contribution < 1.29 is 9.13 Å². The Morgan fingerprint density at radius 3 is 2.52 bits per heavy atom. The molecule has 0 amide bonds. The van der Waals surface area contributed by atoms with Gasteiger partial charge in [-0.15, -0.1) is 0 Å². The maximum absolute atomic E-state index is 13.5. The van der Waals surface area contributed by atoms with Crippen molar-refractivity contribution in [2.24, 2.45) is 11.8 Å². The van der Waals surface area contributed by atoms with E-state index in [-0.39, 0.29) is 11.8 Å². The van der Waals surface area contributed by atoms with Gasteiger partial charge in [0.1, 0.15) is 0 Å². The molecule has 0 bridgehead atoms. The van der Waals surface area contributed by atoms with Crippen LogP contribution < -0.4 is 0 Å². The van der Waals surface area contributed by atoms with Gasteiger partial charge in [0.15, 0.2) is 0 Å². The van der Waals surface area contributed by atoms with Gasteiger partial charge < -0.3 is 4.74 Å². The van der Waals surface area contributed by atoms with E-state index < -0.39 is 6.67 Å². The van der Waals surface area contributed by atoms with Crippen molar-refractivity contribution in [1.82, 2.24) is 15.0 Å². The number of methoxy groups -OCH3 is 1. The van der Waals surface area contributed by atoms with E-state index in [0.717, 1.165) is 51.7 Å². The molecular weight excluding hydrogens is 365 g/mol. The van der Waals surface area contributed by atoms with Gasteiger partial charge in [-0.1, -0.05) is 26.8 Å². The van der Waals surface area contributed by atoms with Crippen molar-refractivity contribution in [2.75, 3.05) is 20.4 Å². The first-order valence-corrected chi connectivity index (χ1v) is 10.5. The summed E-state index contributed by atoms with van der Waals surface area (Å²) in [5, 5.41) is 0. The minimum Gasteiger partial charge on any atom is -0.384 e. The first-order chi connectivity index (χ1) is 13.9. The van der Waals surface area contributed by atoms with Gasteiger partial charge in [0.05, 0.1) is 36.1 Å². The zero-order valence-electron chi connectivity index (χ0n) is 18.4. The zero-order valence-corrected chi connectivity index (χ0v) is 18.4. The van der Waals surface area contributed by atoms with E-state index >= 15 is 0 Å². The standard InChI is InChI=1S/C24H32FN3O/c1-7-20-19(8-9-21(27-20)14(2)3)24-16(5)26-22-11-17(18(12-25)13-29-6)10-15(4)23(22)28-24/h8-10,14,17-18H,7,11-13H2,1-6H3/t17?,18-/m1/s1. The second kappa shape index (κ2) is 9.12. The number of halogens is 1. The molecule has 0 saturated heterocycles. The van der Waals surface area contributed by atoms with Crippen LogP contribution in [0.5, 0.6) is 0 Å². The third-order valence-electron chi connectivity index (χ3n) is 5.77. The Balaban J connectivity index is 2.03. The van der Waals surface area contributed by atoms with Gasteiger partial charge in [-0.05, 0) is 56.2 Å². The Kier molecular flexibility index (Phi) is 6.78. The zero-order chi connectivity index (χ0) is 21.1. The van der Waals surface area contributed by atoms with Crippen LogP contribution in [0, 0.1) is 18.8 Å². The Labute approximate surface area is 173 Å². The van der Waals surface area contributed by atoms with Crippen molar-refractivity contribution in [1.29, 1.82) is 0 Å². The fourth-order valence-corrected chi connectivity index (χ4v) is 4.09. The molecule has 0 spiro atoms. The number of nitrogens with zero attached hydrogens (tertiary/aromatic N) is 3. The molecule has 0 saturated carbocycles. The summed E-state index contributed by atoms with van der Waals surface area (Å²) in [4.78, 5) is 14.8. The minimum atomic E-state index is -0.393. The molecule has 0 aliphatic heterocycles.